The molecular formula is C21H22FN3O3S2. The number of hydrogen-bond donors (Lipinski definition) is 2. The van der Waals surface area contributed by atoms with E-state index in [1.165, 1.54) is 24.3 Å². The van der Waals surface area contributed by atoms with Gasteiger partial charge in [-0.15, -0.1) is 11.3 Å². The van der Waals surface area contributed by atoms with Crippen molar-refractivity contribution in [2.24, 2.45) is 0 Å². The van der Waals surface area contributed by atoms with E-state index in [0.717, 1.165) is 16.8 Å². The van der Waals surface area contributed by atoms with E-state index >= 15 is 0 Å². The zero-order valence-corrected chi connectivity index (χ0v) is 18.4. The summed E-state index contributed by atoms with van der Waals surface area (Å²) in [5.41, 5.74) is 1.63. The Labute approximate surface area is 179 Å². The summed E-state index contributed by atoms with van der Waals surface area (Å²) in [6, 6.07) is 9.80. The normalized spacial score (nSPS) is 11.5. The SMILES string of the molecule is Cc1ccc(S(=O)(=O)Nc2cccc(C(=O)NCc3csc(C(C)C)n3)c2)cc1F. The lowest BCUT2D eigenvalue weighted by molar-refractivity contribution is 0.0950. The summed E-state index contributed by atoms with van der Waals surface area (Å²) >= 11 is 1.55. The number of carbonyl (C=O) groups excluding carboxylic acids is 1. The molecule has 6 nitrogen and oxygen atoms in total. The molecule has 0 aliphatic rings. The van der Waals surface area contributed by atoms with Crippen LogP contribution in [0.1, 0.15) is 46.4 Å². The van der Waals surface area contributed by atoms with E-state index in [0.29, 0.717) is 17.0 Å². The lowest BCUT2D eigenvalue weighted by Crippen LogP contribution is -2.23. The van der Waals surface area contributed by atoms with Gasteiger partial charge in [0.2, 0.25) is 0 Å². The third-order valence-corrected chi connectivity index (χ3v) is 6.90. The molecule has 30 heavy (non-hydrogen) atoms. The molecule has 3 rings (SSSR count). The predicted octanol–water partition coefficient (Wildman–Crippen LogP) is 4.44. The molecule has 0 atom stereocenters. The molecule has 1 aromatic heterocycles. The topological polar surface area (TPSA) is 88.2 Å². The molecule has 1 heterocycles. The average molecular weight is 448 g/mol. The van der Waals surface area contributed by atoms with Crippen LogP contribution in [0, 0.1) is 12.7 Å². The molecule has 0 aliphatic heterocycles. The minimum absolute atomic E-state index is 0.190. The van der Waals surface area contributed by atoms with Crippen molar-refractivity contribution in [3.8, 4) is 0 Å². The zero-order chi connectivity index (χ0) is 21.9. The van der Waals surface area contributed by atoms with Crippen LogP contribution in [0.15, 0.2) is 52.7 Å². The van der Waals surface area contributed by atoms with Crippen molar-refractivity contribution in [3.05, 3.63) is 75.5 Å². The van der Waals surface area contributed by atoms with E-state index in [1.54, 1.807) is 30.4 Å². The van der Waals surface area contributed by atoms with E-state index in [1.807, 2.05) is 5.38 Å². The quantitative estimate of drug-likeness (QED) is 0.560. The molecule has 2 aromatic carbocycles. The number of benzene rings is 2. The van der Waals surface area contributed by atoms with E-state index in [2.05, 4.69) is 28.9 Å². The van der Waals surface area contributed by atoms with Crippen molar-refractivity contribution in [2.75, 3.05) is 4.72 Å². The second-order valence-corrected chi connectivity index (χ2v) is 9.68. The second kappa shape index (κ2) is 8.93. The first-order valence-electron chi connectivity index (χ1n) is 9.27. The first-order chi connectivity index (χ1) is 14.2. The highest BCUT2D eigenvalue weighted by Gasteiger charge is 2.17. The summed E-state index contributed by atoms with van der Waals surface area (Å²) in [7, 11) is -3.99. The van der Waals surface area contributed by atoms with Gasteiger partial charge < -0.3 is 5.32 Å². The summed E-state index contributed by atoms with van der Waals surface area (Å²) in [4.78, 5) is 16.7. The van der Waals surface area contributed by atoms with E-state index in [9.17, 15) is 17.6 Å². The van der Waals surface area contributed by atoms with Crippen LogP contribution in [0.3, 0.4) is 0 Å². The standard InChI is InChI=1S/C21H22FN3O3S2/c1-13(2)21-24-17(12-29-21)11-23-20(26)15-5-4-6-16(9-15)25-30(27,28)18-8-7-14(3)19(22)10-18/h4-10,12-13,25H,11H2,1-3H3,(H,23,26). The first-order valence-corrected chi connectivity index (χ1v) is 11.6. The van der Waals surface area contributed by atoms with E-state index in [4.69, 9.17) is 0 Å². The Balaban J connectivity index is 1.70. The van der Waals surface area contributed by atoms with Gasteiger partial charge in [0.05, 0.1) is 22.1 Å². The van der Waals surface area contributed by atoms with Crippen molar-refractivity contribution in [2.45, 2.75) is 38.1 Å². The Kier molecular flexibility index (Phi) is 6.52. The van der Waals surface area contributed by atoms with Crippen molar-refractivity contribution >= 4 is 33.0 Å². The van der Waals surface area contributed by atoms with Crippen LogP contribution in [-0.2, 0) is 16.6 Å². The zero-order valence-electron chi connectivity index (χ0n) is 16.8. The number of sulfonamides is 1. The lowest BCUT2D eigenvalue weighted by Gasteiger charge is -2.10. The summed E-state index contributed by atoms with van der Waals surface area (Å²) in [5.74, 6) is -0.628. The fourth-order valence-corrected chi connectivity index (χ4v) is 4.52. The van der Waals surface area contributed by atoms with Crippen molar-refractivity contribution in [1.29, 1.82) is 0 Å². The van der Waals surface area contributed by atoms with Crippen LogP contribution in [-0.4, -0.2) is 19.3 Å². The van der Waals surface area contributed by atoms with Gasteiger partial charge in [-0.25, -0.2) is 17.8 Å². The number of amides is 1. The molecule has 0 saturated carbocycles. The fraction of sp³-hybridized carbons (Fsp3) is 0.238. The number of thiazole rings is 1. The molecule has 1 amide bonds. The molecule has 9 heteroatoms. The predicted molar refractivity (Wildman–Crippen MR) is 116 cm³/mol. The van der Waals surface area contributed by atoms with Gasteiger partial charge in [0, 0.05) is 22.5 Å². The lowest BCUT2D eigenvalue weighted by atomic mass is 10.2. The minimum atomic E-state index is -3.99. The van der Waals surface area contributed by atoms with Gasteiger partial charge in [-0.05, 0) is 42.8 Å². The maximum Gasteiger partial charge on any atom is 0.261 e. The first kappa shape index (κ1) is 21.9. The minimum Gasteiger partial charge on any atom is -0.346 e. The largest absolute Gasteiger partial charge is 0.346 e. The van der Waals surface area contributed by atoms with Gasteiger partial charge in [-0.2, -0.15) is 0 Å². The summed E-state index contributed by atoms with van der Waals surface area (Å²) in [6.45, 7) is 5.94. The van der Waals surface area contributed by atoms with Crippen LogP contribution in [0.25, 0.3) is 0 Å². The molecule has 0 saturated heterocycles. The highest BCUT2D eigenvalue weighted by Crippen LogP contribution is 2.21. The van der Waals surface area contributed by atoms with E-state index in [-0.39, 0.29) is 23.0 Å². The summed E-state index contributed by atoms with van der Waals surface area (Å²) in [6.07, 6.45) is 0. The van der Waals surface area contributed by atoms with Crippen molar-refractivity contribution in [1.82, 2.24) is 10.3 Å². The number of carbonyl (C=O) groups is 1. The number of nitrogens with one attached hydrogen (secondary N) is 2. The number of hydrogen-bond acceptors (Lipinski definition) is 5. The Hall–Kier alpha value is -2.78. The van der Waals surface area contributed by atoms with Crippen LogP contribution in [0.2, 0.25) is 0 Å². The van der Waals surface area contributed by atoms with Gasteiger partial charge >= 0.3 is 0 Å². The number of rotatable bonds is 7. The van der Waals surface area contributed by atoms with Gasteiger partial charge in [0.1, 0.15) is 5.82 Å². The Morgan fingerprint density at radius 3 is 2.63 bits per heavy atom. The number of halogens is 1. The molecule has 0 bridgehead atoms. The number of nitrogens with zero attached hydrogens (tertiary/aromatic N) is 1. The van der Waals surface area contributed by atoms with Gasteiger partial charge in [-0.1, -0.05) is 26.0 Å². The molecule has 0 radical (unpaired) electrons. The third kappa shape index (κ3) is 5.22. The van der Waals surface area contributed by atoms with Crippen LogP contribution in [0.5, 0.6) is 0 Å². The molecule has 3 aromatic rings. The smallest absolute Gasteiger partial charge is 0.261 e. The van der Waals surface area contributed by atoms with Crippen molar-refractivity contribution < 1.29 is 17.6 Å². The van der Waals surface area contributed by atoms with E-state index < -0.39 is 15.8 Å². The Bertz CT molecular complexity index is 1170. The number of anilines is 1. The fourth-order valence-electron chi connectivity index (χ4n) is 2.62. The maximum absolute atomic E-state index is 13.7. The third-order valence-electron chi connectivity index (χ3n) is 4.32. The molecule has 2 N–H and O–H groups in total. The van der Waals surface area contributed by atoms with Crippen LogP contribution in [0.4, 0.5) is 10.1 Å². The summed E-state index contributed by atoms with van der Waals surface area (Å²) < 4.78 is 41.2. The average Bonchev–Trinajstić information content (AvgIpc) is 3.17. The van der Waals surface area contributed by atoms with Gasteiger partial charge in [-0.3, -0.25) is 9.52 Å². The molecule has 0 unspecified atom stereocenters. The van der Waals surface area contributed by atoms with Crippen LogP contribution >= 0.6 is 11.3 Å². The molecule has 0 spiro atoms. The Morgan fingerprint density at radius 2 is 1.97 bits per heavy atom. The van der Waals surface area contributed by atoms with Gasteiger partial charge in [0.25, 0.3) is 15.9 Å². The maximum atomic E-state index is 13.7. The van der Waals surface area contributed by atoms with Crippen molar-refractivity contribution in [3.63, 3.8) is 0 Å². The highest BCUT2D eigenvalue weighted by atomic mass is 32.2. The highest BCUT2D eigenvalue weighted by molar-refractivity contribution is 7.92. The molecular weight excluding hydrogens is 425 g/mol. The molecule has 0 fully saturated rings. The second-order valence-electron chi connectivity index (χ2n) is 7.11. The van der Waals surface area contributed by atoms with Crippen LogP contribution < -0.4 is 10.0 Å². The molecule has 158 valence electrons. The number of aromatic nitrogens is 1. The molecule has 0 aliphatic carbocycles. The van der Waals surface area contributed by atoms with Gasteiger partial charge in [0.15, 0.2) is 0 Å². The summed E-state index contributed by atoms with van der Waals surface area (Å²) in [5, 5.41) is 5.69. The Morgan fingerprint density at radius 1 is 1.20 bits per heavy atom. The number of aryl methyl sites for hydroxylation is 1. The monoisotopic (exact) mass is 447 g/mol.